The summed E-state index contributed by atoms with van der Waals surface area (Å²) in [7, 11) is -2.23. The van der Waals surface area contributed by atoms with Crippen LogP contribution in [-0.2, 0) is 29.5 Å². The van der Waals surface area contributed by atoms with Gasteiger partial charge in [-0.15, -0.1) is 0 Å². The first-order chi connectivity index (χ1) is 20.1. The minimum absolute atomic E-state index is 0.0634. The van der Waals surface area contributed by atoms with Crippen LogP contribution in [0.2, 0.25) is 0 Å². The molecular weight excluding hydrogens is 554 g/mol. The van der Waals surface area contributed by atoms with Gasteiger partial charge in [0.15, 0.2) is 0 Å². The van der Waals surface area contributed by atoms with E-state index in [0.717, 1.165) is 50.9 Å². The predicted molar refractivity (Wildman–Crippen MR) is 160 cm³/mol. The third-order valence-electron chi connectivity index (χ3n) is 8.03. The van der Waals surface area contributed by atoms with Crippen molar-refractivity contribution in [2.24, 2.45) is 0 Å². The number of amides is 1. The second-order valence-corrected chi connectivity index (χ2v) is 13.4. The largest absolute Gasteiger partial charge is 0.497 e. The number of aryl methyl sites for hydroxylation is 2. The summed E-state index contributed by atoms with van der Waals surface area (Å²) in [5.41, 5.74) is 3.97. The van der Waals surface area contributed by atoms with Gasteiger partial charge in [0.2, 0.25) is 10.0 Å². The molecule has 5 rings (SSSR count). The monoisotopic (exact) mass is 595 g/mol. The first-order valence-corrected chi connectivity index (χ1v) is 16.1. The predicted octanol–water partition coefficient (Wildman–Crippen LogP) is 4.19. The number of nitrogens with one attached hydrogen (secondary N) is 1. The second-order valence-electron chi connectivity index (χ2n) is 11.5. The standard InChI is InChI=1S/C32H41N3O6S/c1-22-15-29(40-3)16-23(2)31(22)42(38,39)35(27-10-11-27)20-30-17-26(21-41-30)32(37)33-13-12-24-6-8-25(9-7-24)18-34-14-4-5-28(36)19-34/h6-9,15-17,21,27-28,36H,4-5,10-14,18-20H2,1-3H3,(H,33,37). The van der Waals surface area contributed by atoms with Crippen molar-refractivity contribution >= 4 is 15.9 Å². The summed E-state index contributed by atoms with van der Waals surface area (Å²) >= 11 is 0. The number of rotatable bonds is 12. The Morgan fingerprint density at radius 2 is 1.79 bits per heavy atom. The molecule has 10 heteroatoms. The van der Waals surface area contributed by atoms with Gasteiger partial charge in [0.05, 0.1) is 30.2 Å². The SMILES string of the molecule is COc1cc(C)c(S(=O)(=O)N(Cc2cc(C(=O)NCCc3ccc(CN4CCCC(O)C4)cc3)co2)C2CC2)c(C)c1. The van der Waals surface area contributed by atoms with Gasteiger partial charge in [-0.1, -0.05) is 24.3 Å². The van der Waals surface area contributed by atoms with Crippen molar-refractivity contribution in [3.63, 3.8) is 0 Å². The summed E-state index contributed by atoms with van der Waals surface area (Å²) in [6.45, 7) is 6.65. The number of carbonyl (C=O) groups excluding carboxylic acids is 1. The number of likely N-dealkylation sites (tertiary alicyclic amines) is 1. The molecule has 2 heterocycles. The molecule has 1 aliphatic heterocycles. The average Bonchev–Trinajstić information content (AvgIpc) is 3.68. The number of piperidine rings is 1. The quantitative estimate of drug-likeness (QED) is 0.323. The van der Waals surface area contributed by atoms with E-state index >= 15 is 0 Å². The van der Waals surface area contributed by atoms with Crippen molar-refractivity contribution in [3.8, 4) is 5.75 Å². The van der Waals surface area contributed by atoms with E-state index in [9.17, 15) is 18.3 Å². The van der Waals surface area contributed by atoms with Crippen molar-refractivity contribution in [1.82, 2.24) is 14.5 Å². The molecule has 0 radical (unpaired) electrons. The molecule has 1 saturated heterocycles. The van der Waals surface area contributed by atoms with Crippen molar-refractivity contribution < 1.29 is 27.5 Å². The lowest BCUT2D eigenvalue weighted by Gasteiger charge is -2.29. The lowest BCUT2D eigenvalue weighted by atomic mass is 10.1. The van der Waals surface area contributed by atoms with Gasteiger partial charge < -0.3 is 19.6 Å². The summed E-state index contributed by atoms with van der Waals surface area (Å²) < 4.78 is 40.0. The molecule has 1 unspecified atom stereocenters. The minimum Gasteiger partial charge on any atom is -0.497 e. The molecule has 1 saturated carbocycles. The molecular formula is C32H41N3O6S. The Balaban J connectivity index is 1.16. The van der Waals surface area contributed by atoms with Crippen LogP contribution in [0.3, 0.4) is 0 Å². The van der Waals surface area contributed by atoms with E-state index in [1.54, 1.807) is 39.2 Å². The van der Waals surface area contributed by atoms with E-state index < -0.39 is 10.0 Å². The van der Waals surface area contributed by atoms with Crippen LogP contribution in [-0.4, -0.2) is 67.5 Å². The lowest BCUT2D eigenvalue weighted by Crippen LogP contribution is -2.37. The van der Waals surface area contributed by atoms with E-state index in [4.69, 9.17) is 9.15 Å². The van der Waals surface area contributed by atoms with E-state index in [-0.39, 0.29) is 29.5 Å². The van der Waals surface area contributed by atoms with Gasteiger partial charge in [0.1, 0.15) is 17.8 Å². The maximum Gasteiger partial charge on any atom is 0.254 e. The molecule has 3 aromatic rings. The number of aliphatic hydroxyl groups is 1. The zero-order chi connectivity index (χ0) is 29.9. The van der Waals surface area contributed by atoms with Crippen molar-refractivity contribution in [2.75, 3.05) is 26.7 Å². The van der Waals surface area contributed by atoms with Crippen LogP contribution in [0.4, 0.5) is 0 Å². The third kappa shape index (κ3) is 7.23. The summed E-state index contributed by atoms with van der Waals surface area (Å²) in [5.74, 6) is 0.791. The van der Waals surface area contributed by atoms with Crippen molar-refractivity contribution in [2.45, 2.75) is 76.1 Å². The normalized spacial score (nSPS) is 17.9. The third-order valence-corrected chi connectivity index (χ3v) is 10.2. The maximum absolute atomic E-state index is 13.8. The number of carbonyl (C=O) groups is 1. The van der Waals surface area contributed by atoms with E-state index in [0.29, 0.717) is 41.2 Å². The molecule has 9 nitrogen and oxygen atoms in total. The highest BCUT2D eigenvalue weighted by Gasteiger charge is 2.40. The van der Waals surface area contributed by atoms with Crippen LogP contribution >= 0.6 is 0 Å². The fourth-order valence-corrected chi connectivity index (χ4v) is 7.79. The Morgan fingerprint density at radius 1 is 1.10 bits per heavy atom. The molecule has 2 aromatic carbocycles. The Bertz CT molecular complexity index is 1470. The smallest absolute Gasteiger partial charge is 0.254 e. The number of ether oxygens (including phenoxy) is 1. The minimum atomic E-state index is -3.79. The molecule has 1 atom stereocenters. The molecule has 2 fully saturated rings. The number of benzene rings is 2. The van der Waals surface area contributed by atoms with Crippen LogP contribution in [0.25, 0.3) is 0 Å². The van der Waals surface area contributed by atoms with Gasteiger partial charge in [-0.3, -0.25) is 9.69 Å². The Kier molecular flexibility index (Phi) is 9.37. The molecule has 42 heavy (non-hydrogen) atoms. The van der Waals surface area contributed by atoms with Gasteiger partial charge in [-0.05, 0) is 92.9 Å². The van der Waals surface area contributed by atoms with Crippen LogP contribution in [0.15, 0.2) is 58.0 Å². The molecule has 2 aliphatic rings. The molecule has 0 bridgehead atoms. The zero-order valence-corrected chi connectivity index (χ0v) is 25.5. The van der Waals surface area contributed by atoms with Crippen LogP contribution < -0.4 is 10.1 Å². The highest BCUT2D eigenvalue weighted by Crippen LogP contribution is 2.36. The number of hydrogen-bond donors (Lipinski definition) is 2. The highest BCUT2D eigenvalue weighted by atomic mass is 32.2. The molecule has 0 spiro atoms. The Hall–Kier alpha value is -3.18. The topological polar surface area (TPSA) is 112 Å². The molecule has 226 valence electrons. The first kappa shape index (κ1) is 30.3. The number of sulfonamides is 1. The van der Waals surface area contributed by atoms with E-state index in [2.05, 4.69) is 34.5 Å². The van der Waals surface area contributed by atoms with Crippen molar-refractivity contribution in [1.29, 1.82) is 0 Å². The van der Waals surface area contributed by atoms with Gasteiger partial charge in [-0.2, -0.15) is 4.31 Å². The number of hydrogen-bond acceptors (Lipinski definition) is 7. The summed E-state index contributed by atoms with van der Waals surface area (Å²) in [5, 5.41) is 12.8. The van der Waals surface area contributed by atoms with Crippen LogP contribution in [0.1, 0.15) is 64.1 Å². The van der Waals surface area contributed by atoms with E-state index in [1.165, 1.54) is 16.1 Å². The van der Waals surface area contributed by atoms with Crippen molar-refractivity contribution in [3.05, 3.63) is 82.3 Å². The summed E-state index contributed by atoms with van der Waals surface area (Å²) in [6.07, 6.45) is 5.34. The van der Waals surface area contributed by atoms with Crippen LogP contribution in [0, 0.1) is 13.8 Å². The fourth-order valence-electron chi connectivity index (χ4n) is 5.73. The average molecular weight is 596 g/mol. The molecule has 2 N–H and O–H groups in total. The van der Waals surface area contributed by atoms with E-state index in [1.807, 2.05) is 0 Å². The molecule has 1 aliphatic carbocycles. The first-order valence-electron chi connectivity index (χ1n) is 14.6. The zero-order valence-electron chi connectivity index (χ0n) is 24.6. The Labute approximate surface area is 248 Å². The maximum atomic E-state index is 13.8. The Morgan fingerprint density at radius 3 is 2.43 bits per heavy atom. The number of β-amino-alcohol motifs (C(OH)–C–C–N with tert-alkyl or cyclic N) is 1. The molecule has 1 amide bonds. The number of methoxy groups -OCH3 is 1. The lowest BCUT2D eigenvalue weighted by molar-refractivity contribution is 0.0668. The number of nitrogens with zero attached hydrogens (tertiary/aromatic N) is 2. The number of furan rings is 1. The van der Waals surface area contributed by atoms with Gasteiger partial charge in [0, 0.05) is 25.7 Å². The summed E-state index contributed by atoms with van der Waals surface area (Å²) in [4.78, 5) is 15.4. The number of aliphatic hydroxyl groups excluding tert-OH is 1. The van der Waals surface area contributed by atoms with Gasteiger partial charge in [-0.25, -0.2) is 8.42 Å². The summed E-state index contributed by atoms with van der Waals surface area (Å²) in [6, 6.07) is 13.4. The fraction of sp³-hybridized carbons (Fsp3) is 0.469. The highest BCUT2D eigenvalue weighted by molar-refractivity contribution is 7.89. The molecule has 1 aromatic heterocycles. The van der Waals surface area contributed by atoms with Crippen LogP contribution in [0.5, 0.6) is 5.75 Å². The van der Waals surface area contributed by atoms with Gasteiger partial charge in [0.25, 0.3) is 5.91 Å². The van der Waals surface area contributed by atoms with Gasteiger partial charge >= 0.3 is 0 Å². The second kappa shape index (κ2) is 13.0.